The molecule has 1 amide bonds. The minimum Gasteiger partial charge on any atom is -0.481 e. The number of aliphatic hydroxyl groups is 1. The molecule has 2 N–H and O–H groups in total. The summed E-state index contributed by atoms with van der Waals surface area (Å²) in [6.45, 7) is 3.68. The van der Waals surface area contributed by atoms with Gasteiger partial charge >= 0.3 is 0 Å². The molecule has 0 saturated heterocycles. The predicted molar refractivity (Wildman–Crippen MR) is 90.3 cm³/mol. The number of pyridine rings is 1. The molecule has 7 heteroatoms. The van der Waals surface area contributed by atoms with Gasteiger partial charge in [0.2, 0.25) is 11.6 Å². The molecule has 0 radical (unpaired) electrons. The second-order valence-electron chi connectivity index (χ2n) is 6.35. The molecule has 0 spiro atoms. The molecule has 3 rings (SSSR count). The maximum absolute atomic E-state index is 12.7. The number of nitrogens with one attached hydrogen (secondary N) is 1. The SMILES string of the molecule is CCc1nc(C)c(C(=O)N[C@H](c2ccc(OC)nc2)C2CC(O)C2)o1. The van der Waals surface area contributed by atoms with E-state index in [1.807, 2.05) is 13.0 Å². The number of aryl methyl sites for hydroxylation is 2. The number of aromatic nitrogens is 2. The molecule has 134 valence electrons. The van der Waals surface area contributed by atoms with Crippen molar-refractivity contribution in [2.24, 2.45) is 5.92 Å². The van der Waals surface area contributed by atoms with Gasteiger partial charge in [-0.3, -0.25) is 4.79 Å². The summed E-state index contributed by atoms with van der Waals surface area (Å²) in [5.41, 5.74) is 1.45. The van der Waals surface area contributed by atoms with Crippen LogP contribution in [0.4, 0.5) is 0 Å². The minimum absolute atomic E-state index is 0.156. The first kappa shape index (κ1) is 17.4. The molecule has 1 aliphatic carbocycles. The summed E-state index contributed by atoms with van der Waals surface area (Å²) >= 11 is 0. The van der Waals surface area contributed by atoms with Crippen LogP contribution in [0.3, 0.4) is 0 Å². The summed E-state index contributed by atoms with van der Waals surface area (Å²) in [5, 5.41) is 12.7. The van der Waals surface area contributed by atoms with Gasteiger partial charge in [-0.15, -0.1) is 0 Å². The summed E-state index contributed by atoms with van der Waals surface area (Å²) in [6.07, 6.45) is 3.31. The van der Waals surface area contributed by atoms with Crippen LogP contribution in [0, 0.1) is 12.8 Å². The van der Waals surface area contributed by atoms with Gasteiger partial charge in [0, 0.05) is 18.7 Å². The zero-order valence-corrected chi connectivity index (χ0v) is 14.7. The Labute approximate surface area is 146 Å². The third-order valence-electron chi connectivity index (χ3n) is 4.58. The van der Waals surface area contributed by atoms with Crippen LogP contribution in [0.1, 0.15) is 53.5 Å². The van der Waals surface area contributed by atoms with Crippen molar-refractivity contribution in [3.8, 4) is 5.88 Å². The van der Waals surface area contributed by atoms with Gasteiger partial charge < -0.3 is 19.6 Å². The van der Waals surface area contributed by atoms with Crippen LogP contribution in [0.5, 0.6) is 5.88 Å². The number of rotatable bonds is 6. The second kappa shape index (κ2) is 7.23. The number of aliphatic hydroxyl groups excluding tert-OH is 1. The minimum atomic E-state index is -0.311. The van der Waals surface area contributed by atoms with E-state index in [0.717, 1.165) is 5.56 Å². The van der Waals surface area contributed by atoms with Gasteiger partial charge in [0.05, 0.1) is 24.9 Å². The molecule has 25 heavy (non-hydrogen) atoms. The van der Waals surface area contributed by atoms with E-state index in [1.54, 1.807) is 26.3 Å². The topological polar surface area (TPSA) is 97.5 Å². The highest BCUT2D eigenvalue weighted by Gasteiger charge is 2.36. The number of hydrogen-bond acceptors (Lipinski definition) is 6. The van der Waals surface area contributed by atoms with E-state index in [-0.39, 0.29) is 29.7 Å². The Morgan fingerprint density at radius 1 is 1.48 bits per heavy atom. The molecule has 1 fully saturated rings. The lowest BCUT2D eigenvalue weighted by Gasteiger charge is -2.38. The highest BCUT2D eigenvalue weighted by Crippen LogP contribution is 2.38. The maximum atomic E-state index is 12.7. The lowest BCUT2D eigenvalue weighted by Crippen LogP contribution is -2.41. The van der Waals surface area contributed by atoms with Crippen LogP contribution in [0.25, 0.3) is 0 Å². The smallest absolute Gasteiger partial charge is 0.289 e. The number of carbonyl (C=O) groups excluding carboxylic acids is 1. The van der Waals surface area contributed by atoms with Gasteiger partial charge in [0.1, 0.15) is 0 Å². The predicted octanol–water partition coefficient (Wildman–Crippen LogP) is 2.19. The normalized spacial score (nSPS) is 20.6. The van der Waals surface area contributed by atoms with E-state index < -0.39 is 0 Å². The number of methoxy groups -OCH3 is 1. The number of carbonyl (C=O) groups is 1. The molecule has 2 heterocycles. The lowest BCUT2D eigenvalue weighted by molar-refractivity contribution is 0.0231. The quantitative estimate of drug-likeness (QED) is 0.833. The van der Waals surface area contributed by atoms with Crippen molar-refractivity contribution in [3.05, 3.63) is 41.2 Å². The Balaban J connectivity index is 1.81. The average Bonchev–Trinajstić information content (AvgIpc) is 2.98. The Bertz CT molecular complexity index is 735. The van der Waals surface area contributed by atoms with Crippen LogP contribution in [0.15, 0.2) is 22.7 Å². The fourth-order valence-electron chi connectivity index (χ4n) is 3.09. The average molecular weight is 345 g/mol. The molecular weight excluding hydrogens is 322 g/mol. The van der Waals surface area contributed by atoms with Crippen molar-refractivity contribution in [2.75, 3.05) is 7.11 Å². The Morgan fingerprint density at radius 3 is 2.76 bits per heavy atom. The summed E-state index contributed by atoms with van der Waals surface area (Å²) in [6, 6.07) is 3.40. The molecule has 1 saturated carbocycles. The fourth-order valence-corrected chi connectivity index (χ4v) is 3.09. The number of nitrogens with zero attached hydrogens (tertiary/aromatic N) is 2. The molecule has 0 unspecified atom stereocenters. The van der Waals surface area contributed by atoms with Gasteiger partial charge in [-0.25, -0.2) is 9.97 Å². The van der Waals surface area contributed by atoms with Gasteiger partial charge in [-0.1, -0.05) is 13.0 Å². The zero-order chi connectivity index (χ0) is 18.0. The number of ether oxygens (including phenoxy) is 1. The molecular formula is C18H23N3O4. The van der Waals surface area contributed by atoms with E-state index >= 15 is 0 Å². The third-order valence-corrected chi connectivity index (χ3v) is 4.58. The van der Waals surface area contributed by atoms with E-state index in [0.29, 0.717) is 36.7 Å². The number of hydrogen-bond donors (Lipinski definition) is 2. The second-order valence-corrected chi connectivity index (χ2v) is 6.35. The number of oxazole rings is 1. The van der Waals surface area contributed by atoms with Gasteiger partial charge in [0.25, 0.3) is 5.91 Å². The van der Waals surface area contributed by atoms with Crippen molar-refractivity contribution in [3.63, 3.8) is 0 Å². The fraction of sp³-hybridized carbons (Fsp3) is 0.500. The van der Waals surface area contributed by atoms with E-state index in [4.69, 9.17) is 9.15 Å². The van der Waals surface area contributed by atoms with Crippen molar-refractivity contribution >= 4 is 5.91 Å². The van der Waals surface area contributed by atoms with Crippen molar-refractivity contribution in [1.29, 1.82) is 0 Å². The van der Waals surface area contributed by atoms with Gasteiger partial charge in [0.15, 0.2) is 5.89 Å². The molecule has 0 aromatic carbocycles. The Kier molecular flexibility index (Phi) is 5.03. The van der Waals surface area contributed by atoms with Crippen LogP contribution in [0.2, 0.25) is 0 Å². The van der Waals surface area contributed by atoms with Crippen LogP contribution < -0.4 is 10.1 Å². The molecule has 1 atom stereocenters. The summed E-state index contributed by atoms with van der Waals surface area (Å²) in [4.78, 5) is 21.1. The summed E-state index contributed by atoms with van der Waals surface area (Å²) in [5.74, 6) is 1.16. The Hall–Kier alpha value is -2.41. The first-order valence-electron chi connectivity index (χ1n) is 8.47. The van der Waals surface area contributed by atoms with E-state index in [9.17, 15) is 9.90 Å². The maximum Gasteiger partial charge on any atom is 0.289 e. The van der Waals surface area contributed by atoms with Gasteiger partial charge in [-0.05, 0) is 31.2 Å². The van der Waals surface area contributed by atoms with Crippen LogP contribution in [-0.2, 0) is 6.42 Å². The molecule has 0 aliphatic heterocycles. The largest absolute Gasteiger partial charge is 0.481 e. The van der Waals surface area contributed by atoms with Gasteiger partial charge in [-0.2, -0.15) is 0 Å². The van der Waals surface area contributed by atoms with Crippen molar-refractivity contribution < 1.29 is 19.1 Å². The first-order chi connectivity index (χ1) is 12.0. The molecule has 1 aliphatic rings. The summed E-state index contributed by atoms with van der Waals surface area (Å²) < 4.78 is 10.6. The third kappa shape index (κ3) is 3.66. The highest BCUT2D eigenvalue weighted by atomic mass is 16.5. The highest BCUT2D eigenvalue weighted by molar-refractivity contribution is 5.92. The summed E-state index contributed by atoms with van der Waals surface area (Å²) in [7, 11) is 1.56. The molecule has 0 bridgehead atoms. The standard InChI is InChI=1S/C18H23N3O4/c1-4-14-20-10(2)17(25-14)18(23)21-16(12-7-13(22)8-12)11-5-6-15(24-3)19-9-11/h5-6,9,12-13,16,22H,4,7-8H2,1-3H3,(H,21,23)/t12?,13?,16-/m1/s1. The van der Waals surface area contributed by atoms with Crippen molar-refractivity contribution in [1.82, 2.24) is 15.3 Å². The lowest BCUT2D eigenvalue weighted by atomic mass is 9.75. The number of amides is 1. The van der Waals surface area contributed by atoms with E-state index in [1.165, 1.54) is 0 Å². The molecule has 7 nitrogen and oxygen atoms in total. The molecule has 2 aromatic rings. The first-order valence-corrected chi connectivity index (χ1v) is 8.47. The van der Waals surface area contributed by atoms with Crippen molar-refractivity contribution in [2.45, 2.75) is 45.3 Å². The monoisotopic (exact) mass is 345 g/mol. The molecule has 2 aromatic heterocycles. The Morgan fingerprint density at radius 2 is 2.24 bits per heavy atom. The van der Waals surface area contributed by atoms with E-state index in [2.05, 4.69) is 15.3 Å². The van der Waals surface area contributed by atoms with Crippen LogP contribution in [-0.4, -0.2) is 34.2 Å². The van der Waals surface area contributed by atoms with Crippen LogP contribution >= 0.6 is 0 Å². The zero-order valence-electron chi connectivity index (χ0n) is 14.7.